The average molecular weight is 314 g/mol. The van der Waals surface area contributed by atoms with Crippen molar-refractivity contribution in [3.05, 3.63) is 61.2 Å². The van der Waals surface area contributed by atoms with Crippen molar-refractivity contribution in [1.29, 1.82) is 0 Å². The minimum Gasteiger partial charge on any atom is -0.316 e. The Morgan fingerprint density at radius 2 is 1.62 bits per heavy atom. The summed E-state index contributed by atoms with van der Waals surface area (Å²) in [5.74, 6) is 0. The first-order valence-corrected chi connectivity index (χ1v) is 7.75. The van der Waals surface area contributed by atoms with Crippen molar-refractivity contribution in [2.24, 2.45) is 0 Å². The number of likely N-dealkylation sites (N-methyl/N-ethyl adjacent to an activating group) is 1. The minimum absolute atomic E-state index is 0.870. The number of quaternary nitrogens is 1. The van der Waals surface area contributed by atoms with Crippen LogP contribution in [0, 0.1) is 0 Å². The Morgan fingerprint density at radius 3 is 1.95 bits per heavy atom. The third-order valence-corrected chi connectivity index (χ3v) is 3.18. The zero-order valence-corrected chi connectivity index (χ0v) is 13.4. The number of hydrogen-bond acceptors (Lipinski definition) is 3. The lowest BCUT2D eigenvalue weighted by atomic mass is 10.2. The lowest BCUT2D eigenvalue weighted by Crippen LogP contribution is -2.43. The molecule has 1 aromatic rings. The highest BCUT2D eigenvalue weighted by Crippen LogP contribution is 2.11. The van der Waals surface area contributed by atoms with Gasteiger partial charge in [0.05, 0.1) is 27.2 Å². The summed E-state index contributed by atoms with van der Waals surface area (Å²) in [6, 6.07) is 10.6. The summed E-state index contributed by atoms with van der Waals surface area (Å²) >= 11 is 0. The molecule has 0 amide bonds. The highest BCUT2D eigenvalue weighted by Gasteiger charge is 2.18. The Bertz CT molecular complexity index is 516. The van der Waals surface area contributed by atoms with Crippen molar-refractivity contribution in [3.63, 3.8) is 0 Å². The van der Waals surface area contributed by atoms with E-state index in [1.165, 1.54) is 5.56 Å². The van der Waals surface area contributed by atoms with Gasteiger partial charge in [-0.2, -0.15) is 8.42 Å². The van der Waals surface area contributed by atoms with Crippen LogP contribution >= 0.6 is 0 Å². The van der Waals surface area contributed by atoms with Gasteiger partial charge in [0.1, 0.15) is 6.54 Å². The van der Waals surface area contributed by atoms with E-state index in [0.717, 1.165) is 31.2 Å². The smallest absolute Gasteiger partial charge is 0.316 e. The van der Waals surface area contributed by atoms with Crippen LogP contribution in [0.4, 0.5) is 0 Å². The van der Waals surface area contributed by atoms with Crippen LogP contribution in [0.3, 0.4) is 0 Å². The molecule has 0 aliphatic rings. The molecule has 0 saturated heterocycles. The van der Waals surface area contributed by atoms with E-state index in [1.54, 1.807) is 0 Å². The molecule has 0 bridgehead atoms. The zero-order chi connectivity index (χ0) is 16.4. The van der Waals surface area contributed by atoms with E-state index in [2.05, 4.69) is 54.7 Å². The molecule has 6 heteroatoms. The monoisotopic (exact) mass is 314 g/mol. The molecule has 0 heterocycles. The van der Waals surface area contributed by atoms with Crippen molar-refractivity contribution in [2.45, 2.75) is 6.54 Å². The minimum atomic E-state index is -4.16. The first-order valence-electron chi connectivity index (χ1n) is 6.38. The van der Waals surface area contributed by atoms with E-state index >= 15 is 0 Å². The van der Waals surface area contributed by atoms with Gasteiger partial charge in [-0.1, -0.05) is 43.5 Å². The molecular formula is C15H24NO4S+. The maximum Gasteiger partial charge on any atom is 0.397 e. The Balaban J connectivity index is 0.000000567. The normalized spacial score (nSPS) is 11.2. The largest absolute Gasteiger partial charge is 0.397 e. The van der Waals surface area contributed by atoms with Gasteiger partial charge in [0, 0.05) is 5.56 Å². The van der Waals surface area contributed by atoms with Gasteiger partial charge >= 0.3 is 10.4 Å². The SMILES string of the molecule is C=CC[N+](C)(CC=C)Cc1ccccc1.COS(=O)(=O)O. The van der Waals surface area contributed by atoms with Crippen LogP contribution < -0.4 is 0 Å². The molecule has 21 heavy (non-hydrogen) atoms. The number of hydrogen-bond donors (Lipinski definition) is 1. The summed E-state index contributed by atoms with van der Waals surface area (Å²) in [6.07, 6.45) is 3.96. The summed E-state index contributed by atoms with van der Waals surface area (Å²) in [6.45, 7) is 10.6. The molecule has 0 radical (unpaired) electrons. The zero-order valence-electron chi connectivity index (χ0n) is 12.6. The fourth-order valence-corrected chi connectivity index (χ4v) is 1.85. The second-order valence-electron chi connectivity index (χ2n) is 4.80. The molecule has 0 unspecified atom stereocenters. The first-order chi connectivity index (χ1) is 9.76. The van der Waals surface area contributed by atoms with Crippen LogP contribution in [-0.4, -0.2) is 44.7 Å². The first kappa shape index (κ1) is 19.5. The van der Waals surface area contributed by atoms with E-state index in [1.807, 2.05) is 12.2 Å². The molecule has 1 N–H and O–H groups in total. The molecule has 0 fully saturated rings. The van der Waals surface area contributed by atoms with Crippen LogP contribution in [0.5, 0.6) is 0 Å². The summed E-state index contributed by atoms with van der Waals surface area (Å²) in [5.41, 5.74) is 1.36. The Morgan fingerprint density at radius 1 is 1.19 bits per heavy atom. The topological polar surface area (TPSA) is 63.6 Å². The van der Waals surface area contributed by atoms with Gasteiger partial charge in [-0.15, -0.1) is 0 Å². The molecule has 0 atom stereocenters. The van der Waals surface area contributed by atoms with Gasteiger partial charge in [0.2, 0.25) is 0 Å². The average Bonchev–Trinajstić information content (AvgIpc) is 2.40. The third kappa shape index (κ3) is 9.97. The van der Waals surface area contributed by atoms with E-state index in [-0.39, 0.29) is 0 Å². The van der Waals surface area contributed by atoms with Crippen molar-refractivity contribution >= 4 is 10.4 Å². The van der Waals surface area contributed by atoms with Crippen LogP contribution in [0.1, 0.15) is 5.56 Å². The molecular weight excluding hydrogens is 290 g/mol. The molecule has 0 saturated carbocycles. The lowest BCUT2D eigenvalue weighted by molar-refractivity contribution is -0.911. The Hall–Kier alpha value is -1.47. The standard InChI is InChI=1S/C14H20N.CH4O4S/c1-4-11-15(3,12-5-2)13-14-9-7-6-8-10-14;1-5-6(2,3)4/h4-10H,1-2,11-13H2,3H3;1H3,(H,2,3,4)/q+1;. The summed E-state index contributed by atoms with van der Waals surface area (Å²) in [4.78, 5) is 0. The fraction of sp³-hybridized carbons (Fsp3) is 0.333. The second-order valence-corrected chi connectivity index (χ2v) is 5.99. The maximum absolute atomic E-state index is 9.33. The van der Waals surface area contributed by atoms with Crippen molar-refractivity contribution in [1.82, 2.24) is 0 Å². The van der Waals surface area contributed by atoms with Crippen LogP contribution in [0.15, 0.2) is 55.6 Å². The van der Waals surface area contributed by atoms with Gasteiger partial charge in [-0.3, -0.25) is 8.74 Å². The van der Waals surface area contributed by atoms with Crippen LogP contribution in [-0.2, 0) is 21.1 Å². The van der Waals surface area contributed by atoms with Gasteiger partial charge in [-0.25, -0.2) is 0 Å². The second kappa shape index (κ2) is 9.46. The quantitative estimate of drug-likeness (QED) is 0.477. The third-order valence-electron chi connectivity index (χ3n) is 2.76. The van der Waals surface area contributed by atoms with E-state index < -0.39 is 10.4 Å². The Kier molecular flexibility index (Phi) is 8.80. The number of rotatable bonds is 7. The molecule has 118 valence electrons. The molecule has 0 spiro atoms. The number of nitrogens with zero attached hydrogens (tertiary/aromatic N) is 1. The van der Waals surface area contributed by atoms with Gasteiger partial charge < -0.3 is 4.48 Å². The predicted molar refractivity (Wildman–Crippen MR) is 85.0 cm³/mol. The molecule has 1 aromatic carbocycles. The fourth-order valence-electron chi connectivity index (χ4n) is 1.85. The highest BCUT2D eigenvalue weighted by atomic mass is 32.3. The summed E-state index contributed by atoms with van der Waals surface area (Å²) in [5, 5.41) is 0. The Labute approximate surface area is 127 Å². The van der Waals surface area contributed by atoms with Gasteiger partial charge in [0.25, 0.3) is 0 Å². The molecule has 1 rings (SSSR count). The van der Waals surface area contributed by atoms with E-state index in [9.17, 15) is 8.42 Å². The van der Waals surface area contributed by atoms with Crippen LogP contribution in [0.2, 0.25) is 0 Å². The molecule has 0 aliphatic heterocycles. The predicted octanol–water partition coefficient (Wildman–Crippen LogP) is 2.44. The van der Waals surface area contributed by atoms with Gasteiger partial charge in [0.15, 0.2) is 0 Å². The lowest BCUT2D eigenvalue weighted by Gasteiger charge is -2.32. The highest BCUT2D eigenvalue weighted by molar-refractivity contribution is 7.80. The van der Waals surface area contributed by atoms with Crippen molar-refractivity contribution < 1.29 is 21.6 Å². The van der Waals surface area contributed by atoms with E-state index in [4.69, 9.17) is 4.55 Å². The maximum atomic E-state index is 9.33. The van der Waals surface area contributed by atoms with Gasteiger partial charge in [-0.05, 0) is 12.2 Å². The summed E-state index contributed by atoms with van der Waals surface area (Å²) in [7, 11) is -1.06. The molecule has 5 nitrogen and oxygen atoms in total. The number of benzene rings is 1. The molecule has 0 aromatic heterocycles. The van der Waals surface area contributed by atoms with Crippen molar-refractivity contribution in [2.75, 3.05) is 27.2 Å². The van der Waals surface area contributed by atoms with Crippen LogP contribution in [0.25, 0.3) is 0 Å². The van der Waals surface area contributed by atoms with Crippen molar-refractivity contribution in [3.8, 4) is 0 Å². The molecule has 0 aliphatic carbocycles. The van der Waals surface area contributed by atoms with E-state index in [0.29, 0.717) is 0 Å². The summed E-state index contributed by atoms with van der Waals surface area (Å²) < 4.78 is 30.6.